The van der Waals surface area contributed by atoms with Crippen LogP contribution in [0.25, 0.3) is 5.57 Å². The Morgan fingerprint density at radius 2 is 2.00 bits per heavy atom. The molecule has 1 rings (SSSR count). The SMILES string of the molecule is C=C(C(=O)O)c1ccc(OC)c(C(F)(F)F)c1. The summed E-state index contributed by atoms with van der Waals surface area (Å²) in [4.78, 5) is 10.6. The number of hydrogen-bond donors (Lipinski definition) is 1. The third kappa shape index (κ3) is 2.77. The molecule has 0 spiro atoms. The minimum atomic E-state index is -4.61. The lowest BCUT2D eigenvalue weighted by atomic mass is 10.0. The third-order valence-corrected chi connectivity index (χ3v) is 2.11. The number of carboxylic acid groups (broad SMARTS) is 1. The van der Waals surface area contributed by atoms with Crippen molar-refractivity contribution in [2.75, 3.05) is 7.11 Å². The number of hydrogen-bond acceptors (Lipinski definition) is 2. The summed E-state index contributed by atoms with van der Waals surface area (Å²) < 4.78 is 42.4. The Bertz CT molecular complexity index is 464. The van der Waals surface area contributed by atoms with E-state index < -0.39 is 23.3 Å². The highest BCUT2D eigenvalue weighted by atomic mass is 19.4. The van der Waals surface area contributed by atoms with Crippen LogP contribution in [0.1, 0.15) is 11.1 Å². The fourth-order valence-corrected chi connectivity index (χ4v) is 1.24. The highest BCUT2D eigenvalue weighted by molar-refractivity contribution is 6.14. The summed E-state index contributed by atoms with van der Waals surface area (Å²) in [5.41, 5.74) is -1.54. The predicted molar refractivity (Wildman–Crippen MR) is 54.7 cm³/mol. The zero-order valence-corrected chi connectivity index (χ0v) is 8.84. The summed E-state index contributed by atoms with van der Waals surface area (Å²) in [6, 6.07) is 2.98. The number of carbonyl (C=O) groups is 1. The molecule has 0 bridgehead atoms. The van der Waals surface area contributed by atoms with Gasteiger partial charge in [0.15, 0.2) is 0 Å². The van der Waals surface area contributed by atoms with Crippen LogP contribution in [0.2, 0.25) is 0 Å². The van der Waals surface area contributed by atoms with E-state index in [0.29, 0.717) is 6.07 Å². The maximum atomic E-state index is 12.6. The number of halogens is 3. The number of rotatable bonds is 3. The van der Waals surface area contributed by atoms with Crippen LogP contribution in [0.3, 0.4) is 0 Å². The maximum absolute atomic E-state index is 12.6. The zero-order valence-electron chi connectivity index (χ0n) is 8.84. The lowest BCUT2D eigenvalue weighted by Crippen LogP contribution is -2.09. The number of carboxylic acids is 1. The molecule has 1 aromatic carbocycles. The molecular weight excluding hydrogens is 237 g/mol. The topological polar surface area (TPSA) is 46.5 Å². The van der Waals surface area contributed by atoms with Crippen molar-refractivity contribution in [2.45, 2.75) is 6.18 Å². The fraction of sp³-hybridized carbons (Fsp3) is 0.182. The van der Waals surface area contributed by atoms with Crippen LogP contribution in [0.5, 0.6) is 5.75 Å². The second-order valence-electron chi connectivity index (χ2n) is 3.20. The molecule has 1 N–H and O–H groups in total. The second kappa shape index (κ2) is 4.48. The molecule has 0 radical (unpaired) electrons. The first kappa shape index (κ1) is 13.1. The van der Waals surface area contributed by atoms with Gasteiger partial charge in [-0.15, -0.1) is 0 Å². The number of alkyl halides is 3. The van der Waals surface area contributed by atoms with Crippen LogP contribution in [0.15, 0.2) is 24.8 Å². The normalized spacial score (nSPS) is 11.1. The zero-order chi connectivity index (χ0) is 13.2. The van der Waals surface area contributed by atoms with E-state index in [-0.39, 0.29) is 11.3 Å². The first-order chi connectivity index (χ1) is 7.77. The van der Waals surface area contributed by atoms with Gasteiger partial charge >= 0.3 is 12.1 Å². The van der Waals surface area contributed by atoms with Gasteiger partial charge in [0.1, 0.15) is 5.75 Å². The van der Waals surface area contributed by atoms with Crippen molar-refractivity contribution in [3.05, 3.63) is 35.9 Å². The van der Waals surface area contributed by atoms with Gasteiger partial charge < -0.3 is 9.84 Å². The van der Waals surface area contributed by atoms with E-state index in [0.717, 1.165) is 13.2 Å². The van der Waals surface area contributed by atoms with Crippen LogP contribution < -0.4 is 4.74 Å². The molecule has 17 heavy (non-hydrogen) atoms. The van der Waals surface area contributed by atoms with Crippen LogP contribution >= 0.6 is 0 Å². The fourth-order valence-electron chi connectivity index (χ4n) is 1.24. The van der Waals surface area contributed by atoms with E-state index >= 15 is 0 Å². The molecule has 0 aliphatic rings. The summed E-state index contributed by atoms with van der Waals surface area (Å²) in [7, 11) is 1.11. The molecule has 6 heteroatoms. The van der Waals surface area contributed by atoms with E-state index in [2.05, 4.69) is 11.3 Å². The van der Waals surface area contributed by atoms with Gasteiger partial charge in [-0.2, -0.15) is 13.2 Å². The molecule has 3 nitrogen and oxygen atoms in total. The highest BCUT2D eigenvalue weighted by Gasteiger charge is 2.34. The van der Waals surface area contributed by atoms with Gasteiger partial charge in [0.25, 0.3) is 0 Å². The molecule has 0 aliphatic carbocycles. The number of aliphatic carboxylic acids is 1. The molecule has 0 saturated heterocycles. The number of methoxy groups -OCH3 is 1. The summed E-state index contributed by atoms with van der Waals surface area (Å²) >= 11 is 0. The Balaban J connectivity index is 3.32. The van der Waals surface area contributed by atoms with Crippen LogP contribution in [0, 0.1) is 0 Å². The molecule has 92 valence electrons. The standard InChI is InChI=1S/C11H9F3O3/c1-6(10(15)16)7-3-4-9(17-2)8(5-7)11(12,13)14/h3-5H,1H2,2H3,(H,15,16). The average Bonchev–Trinajstić information content (AvgIpc) is 2.25. The smallest absolute Gasteiger partial charge is 0.419 e. The van der Waals surface area contributed by atoms with Gasteiger partial charge in [-0.1, -0.05) is 12.6 Å². The van der Waals surface area contributed by atoms with Gasteiger partial charge in [0.05, 0.1) is 18.2 Å². The Labute approximate surface area is 95.1 Å². The van der Waals surface area contributed by atoms with Gasteiger partial charge in [-0.25, -0.2) is 4.79 Å². The molecule has 1 aromatic rings. The lowest BCUT2D eigenvalue weighted by Gasteiger charge is -2.13. The van der Waals surface area contributed by atoms with Crippen molar-refractivity contribution in [1.29, 1.82) is 0 Å². The molecule has 0 amide bonds. The number of ether oxygens (including phenoxy) is 1. The lowest BCUT2D eigenvalue weighted by molar-refractivity contribution is -0.139. The van der Waals surface area contributed by atoms with Gasteiger partial charge in [0, 0.05) is 0 Å². The maximum Gasteiger partial charge on any atom is 0.419 e. The number of benzene rings is 1. The molecular formula is C11H9F3O3. The van der Waals surface area contributed by atoms with Gasteiger partial charge in [0.2, 0.25) is 0 Å². The van der Waals surface area contributed by atoms with E-state index in [1.165, 1.54) is 6.07 Å². The minimum Gasteiger partial charge on any atom is -0.496 e. The first-order valence-corrected chi connectivity index (χ1v) is 4.45. The van der Waals surface area contributed by atoms with Crippen molar-refractivity contribution < 1.29 is 27.8 Å². The summed E-state index contributed by atoms with van der Waals surface area (Å²) in [6.07, 6.45) is -4.61. The molecule has 0 atom stereocenters. The largest absolute Gasteiger partial charge is 0.496 e. The average molecular weight is 246 g/mol. The summed E-state index contributed by atoms with van der Waals surface area (Å²) in [6.45, 7) is 3.20. The highest BCUT2D eigenvalue weighted by Crippen LogP contribution is 2.37. The monoisotopic (exact) mass is 246 g/mol. The third-order valence-electron chi connectivity index (χ3n) is 2.11. The molecule has 0 unspecified atom stereocenters. The second-order valence-corrected chi connectivity index (χ2v) is 3.20. The Kier molecular flexibility index (Phi) is 3.45. The quantitative estimate of drug-likeness (QED) is 0.834. The summed E-state index contributed by atoms with van der Waals surface area (Å²) in [5, 5.41) is 8.64. The van der Waals surface area contributed by atoms with E-state index in [1.54, 1.807) is 0 Å². The van der Waals surface area contributed by atoms with E-state index in [4.69, 9.17) is 5.11 Å². The van der Waals surface area contributed by atoms with E-state index in [9.17, 15) is 18.0 Å². The van der Waals surface area contributed by atoms with Crippen LogP contribution in [-0.2, 0) is 11.0 Å². The molecule has 0 heterocycles. The molecule has 0 fully saturated rings. The van der Waals surface area contributed by atoms with Gasteiger partial charge in [-0.05, 0) is 17.7 Å². The first-order valence-electron chi connectivity index (χ1n) is 4.45. The molecule has 0 aliphatic heterocycles. The van der Waals surface area contributed by atoms with E-state index in [1.807, 2.05) is 0 Å². The van der Waals surface area contributed by atoms with Crippen molar-refractivity contribution in [3.63, 3.8) is 0 Å². The Morgan fingerprint density at radius 1 is 1.41 bits per heavy atom. The Morgan fingerprint density at radius 3 is 2.41 bits per heavy atom. The van der Waals surface area contributed by atoms with Crippen molar-refractivity contribution in [1.82, 2.24) is 0 Å². The van der Waals surface area contributed by atoms with Crippen molar-refractivity contribution >= 4 is 11.5 Å². The van der Waals surface area contributed by atoms with Crippen LogP contribution in [-0.4, -0.2) is 18.2 Å². The van der Waals surface area contributed by atoms with Gasteiger partial charge in [-0.3, -0.25) is 0 Å². The molecule has 0 saturated carbocycles. The predicted octanol–water partition coefficient (Wildman–Crippen LogP) is 2.81. The Hall–Kier alpha value is -1.98. The van der Waals surface area contributed by atoms with Crippen molar-refractivity contribution in [3.8, 4) is 5.75 Å². The molecule has 0 aromatic heterocycles. The van der Waals surface area contributed by atoms with Crippen molar-refractivity contribution in [2.24, 2.45) is 0 Å². The summed E-state index contributed by atoms with van der Waals surface area (Å²) in [5.74, 6) is -1.73. The minimum absolute atomic E-state index is 0.106. The van der Waals surface area contributed by atoms with Crippen LogP contribution in [0.4, 0.5) is 13.2 Å².